The lowest BCUT2D eigenvalue weighted by atomic mass is 9.82. The normalized spacial score (nSPS) is 27.3. The van der Waals surface area contributed by atoms with Gasteiger partial charge in [0, 0.05) is 6.54 Å². The van der Waals surface area contributed by atoms with Crippen molar-refractivity contribution in [1.29, 1.82) is 0 Å². The van der Waals surface area contributed by atoms with E-state index in [9.17, 15) is 0 Å². The van der Waals surface area contributed by atoms with Crippen molar-refractivity contribution in [1.82, 2.24) is 4.90 Å². The number of nitrogens with zero attached hydrogens (tertiary/aromatic N) is 2. The molecular weight excluding hydrogens is 262 g/mol. The molecule has 21 heavy (non-hydrogen) atoms. The number of hydrogen-bond acceptors (Lipinski definition) is 3. The summed E-state index contributed by atoms with van der Waals surface area (Å²) in [6.07, 6.45) is 7.10. The second kappa shape index (κ2) is 6.48. The lowest BCUT2D eigenvalue weighted by Gasteiger charge is -2.38. The van der Waals surface area contributed by atoms with Crippen molar-refractivity contribution >= 4 is 5.84 Å². The van der Waals surface area contributed by atoms with E-state index in [2.05, 4.69) is 34.3 Å². The van der Waals surface area contributed by atoms with Crippen molar-refractivity contribution in [3.05, 3.63) is 35.4 Å². The van der Waals surface area contributed by atoms with Crippen LogP contribution in [0.4, 0.5) is 0 Å². The van der Waals surface area contributed by atoms with Crippen LogP contribution in [0.1, 0.15) is 49.1 Å². The standard InChI is InChI=1S/C17H25N3O/c18-17(19-21)16-10-3-4-11-20(16)12-14-8-5-7-13-6-1-2-9-15(13)14/h1-2,6,9,14,16,21H,3-5,7-8,10-12H2,(H2,18,19). The Morgan fingerprint density at radius 3 is 2.95 bits per heavy atom. The number of fused-ring (bicyclic) bond motifs is 1. The lowest BCUT2D eigenvalue weighted by Crippen LogP contribution is -2.49. The second-order valence-corrected chi connectivity index (χ2v) is 6.32. The molecule has 1 aliphatic carbocycles. The summed E-state index contributed by atoms with van der Waals surface area (Å²) >= 11 is 0. The summed E-state index contributed by atoms with van der Waals surface area (Å²) in [5.41, 5.74) is 8.91. The smallest absolute Gasteiger partial charge is 0.156 e. The van der Waals surface area contributed by atoms with E-state index in [1.54, 1.807) is 0 Å². The van der Waals surface area contributed by atoms with Gasteiger partial charge in [-0.2, -0.15) is 0 Å². The van der Waals surface area contributed by atoms with Gasteiger partial charge in [0.05, 0.1) is 6.04 Å². The van der Waals surface area contributed by atoms with Crippen LogP contribution in [0.25, 0.3) is 0 Å². The fourth-order valence-electron chi connectivity index (χ4n) is 3.94. The maximum Gasteiger partial charge on any atom is 0.156 e. The Kier molecular flexibility index (Phi) is 4.44. The molecule has 2 aliphatic rings. The molecule has 1 saturated heterocycles. The Morgan fingerprint density at radius 1 is 1.24 bits per heavy atom. The zero-order chi connectivity index (χ0) is 14.7. The van der Waals surface area contributed by atoms with E-state index in [-0.39, 0.29) is 6.04 Å². The van der Waals surface area contributed by atoms with Gasteiger partial charge in [-0.3, -0.25) is 4.90 Å². The molecule has 0 spiro atoms. The van der Waals surface area contributed by atoms with Crippen molar-refractivity contribution in [3.63, 3.8) is 0 Å². The van der Waals surface area contributed by atoms with E-state index < -0.39 is 0 Å². The van der Waals surface area contributed by atoms with Gasteiger partial charge in [-0.1, -0.05) is 35.8 Å². The van der Waals surface area contributed by atoms with E-state index in [4.69, 9.17) is 10.9 Å². The van der Waals surface area contributed by atoms with Gasteiger partial charge in [-0.05, 0) is 55.7 Å². The first-order valence-corrected chi connectivity index (χ1v) is 8.09. The number of likely N-dealkylation sites (tertiary alicyclic amines) is 1. The van der Waals surface area contributed by atoms with E-state index in [0.717, 1.165) is 19.5 Å². The molecule has 1 fully saturated rings. The van der Waals surface area contributed by atoms with Crippen LogP contribution in [0, 0.1) is 0 Å². The average Bonchev–Trinajstić information content (AvgIpc) is 2.55. The molecule has 0 amide bonds. The molecule has 4 heteroatoms. The predicted molar refractivity (Wildman–Crippen MR) is 84.7 cm³/mol. The van der Waals surface area contributed by atoms with Gasteiger partial charge in [0.2, 0.25) is 0 Å². The van der Waals surface area contributed by atoms with Gasteiger partial charge in [-0.25, -0.2) is 0 Å². The molecule has 1 aromatic rings. The van der Waals surface area contributed by atoms with Crippen LogP contribution in [0.3, 0.4) is 0 Å². The van der Waals surface area contributed by atoms with Gasteiger partial charge in [-0.15, -0.1) is 0 Å². The molecule has 4 nitrogen and oxygen atoms in total. The third-order valence-corrected chi connectivity index (χ3v) is 5.02. The number of amidine groups is 1. The Balaban J connectivity index is 1.76. The van der Waals surface area contributed by atoms with Crippen LogP contribution in [-0.4, -0.2) is 35.1 Å². The summed E-state index contributed by atoms with van der Waals surface area (Å²) in [6.45, 7) is 2.08. The van der Waals surface area contributed by atoms with Crippen molar-refractivity contribution in [2.24, 2.45) is 10.9 Å². The highest BCUT2D eigenvalue weighted by Crippen LogP contribution is 2.33. The van der Waals surface area contributed by atoms with Gasteiger partial charge in [0.1, 0.15) is 0 Å². The Labute approximate surface area is 126 Å². The molecular formula is C17H25N3O. The van der Waals surface area contributed by atoms with Gasteiger partial charge >= 0.3 is 0 Å². The fourth-order valence-corrected chi connectivity index (χ4v) is 3.94. The van der Waals surface area contributed by atoms with Crippen LogP contribution >= 0.6 is 0 Å². The van der Waals surface area contributed by atoms with Gasteiger partial charge < -0.3 is 10.9 Å². The van der Waals surface area contributed by atoms with Crippen LogP contribution in [0.15, 0.2) is 29.4 Å². The van der Waals surface area contributed by atoms with Crippen LogP contribution < -0.4 is 5.73 Å². The molecule has 2 atom stereocenters. The number of nitrogens with two attached hydrogens (primary N) is 1. The first-order chi connectivity index (χ1) is 10.3. The molecule has 0 saturated carbocycles. The Bertz CT molecular complexity index is 515. The minimum Gasteiger partial charge on any atom is -0.409 e. The van der Waals surface area contributed by atoms with Crippen molar-refractivity contribution in [2.45, 2.75) is 50.5 Å². The zero-order valence-corrected chi connectivity index (χ0v) is 12.5. The first-order valence-electron chi connectivity index (χ1n) is 8.09. The monoisotopic (exact) mass is 287 g/mol. The molecule has 1 aliphatic heterocycles. The van der Waals surface area contributed by atoms with E-state index in [1.165, 1.54) is 43.2 Å². The highest BCUT2D eigenvalue weighted by molar-refractivity contribution is 5.85. The predicted octanol–water partition coefficient (Wildman–Crippen LogP) is 2.71. The number of rotatable bonds is 3. The maximum atomic E-state index is 9.00. The Morgan fingerprint density at radius 2 is 2.10 bits per heavy atom. The lowest BCUT2D eigenvalue weighted by molar-refractivity contribution is 0.171. The molecule has 2 unspecified atom stereocenters. The average molecular weight is 287 g/mol. The van der Waals surface area contributed by atoms with E-state index in [1.807, 2.05) is 0 Å². The molecule has 0 radical (unpaired) electrons. The number of aryl methyl sites for hydroxylation is 1. The highest BCUT2D eigenvalue weighted by Gasteiger charge is 2.29. The minimum absolute atomic E-state index is 0.109. The summed E-state index contributed by atoms with van der Waals surface area (Å²) in [4.78, 5) is 2.42. The largest absolute Gasteiger partial charge is 0.409 e. The molecule has 0 bridgehead atoms. The summed E-state index contributed by atoms with van der Waals surface area (Å²) in [5.74, 6) is 0.959. The number of hydrogen-bond donors (Lipinski definition) is 2. The molecule has 114 valence electrons. The number of oxime groups is 1. The second-order valence-electron chi connectivity index (χ2n) is 6.32. The first kappa shape index (κ1) is 14.4. The molecule has 3 N–H and O–H groups in total. The van der Waals surface area contributed by atoms with Crippen LogP contribution in [0.2, 0.25) is 0 Å². The van der Waals surface area contributed by atoms with E-state index >= 15 is 0 Å². The zero-order valence-electron chi connectivity index (χ0n) is 12.5. The third kappa shape index (κ3) is 3.05. The summed E-state index contributed by atoms with van der Waals surface area (Å²) in [6, 6.07) is 8.94. The summed E-state index contributed by atoms with van der Waals surface area (Å²) in [5, 5.41) is 12.3. The van der Waals surface area contributed by atoms with Gasteiger partial charge in [0.25, 0.3) is 0 Å². The van der Waals surface area contributed by atoms with Crippen molar-refractivity contribution in [3.8, 4) is 0 Å². The van der Waals surface area contributed by atoms with Gasteiger partial charge in [0.15, 0.2) is 5.84 Å². The minimum atomic E-state index is 0.109. The number of benzene rings is 1. The maximum absolute atomic E-state index is 9.00. The fraction of sp³-hybridized carbons (Fsp3) is 0.588. The van der Waals surface area contributed by atoms with Crippen LogP contribution in [-0.2, 0) is 6.42 Å². The SMILES string of the molecule is NC(=NO)C1CCCCN1CC1CCCc2ccccc21. The van der Waals surface area contributed by atoms with Crippen molar-refractivity contribution in [2.75, 3.05) is 13.1 Å². The molecule has 3 rings (SSSR count). The molecule has 1 heterocycles. The summed E-state index contributed by atoms with van der Waals surface area (Å²) < 4.78 is 0. The molecule has 1 aromatic carbocycles. The van der Waals surface area contributed by atoms with Crippen LogP contribution in [0.5, 0.6) is 0 Å². The highest BCUT2D eigenvalue weighted by atomic mass is 16.4. The number of piperidine rings is 1. The molecule has 0 aromatic heterocycles. The topological polar surface area (TPSA) is 61.9 Å². The summed E-state index contributed by atoms with van der Waals surface area (Å²) in [7, 11) is 0. The Hall–Kier alpha value is -1.55. The van der Waals surface area contributed by atoms with E-state index in [0.29, 0.717) is 11.8 Å². The third-order valence-electron chi connectivity index (χ3n) is 5.02. The van der Waals surface area contributed by atoms with Crippen molar-refractivity contribution < 1.29 is 5.21 Å². The quantitative estimate of drug-likeness (QED) is 0.389.